The molecule has 7 heteroatoms. The molecule has 2 heterocycles. The van der Waals surface area contributed by atoms with Crippen LogP contribution < -0.4 is 15.4 Å². The fraction of sp³-hybridized carbons (Fsp3) is 0.696. The standard InChI is InChI=1S/C23H38N4O2.HI/c1-4-27-10-5-6-19(15-27)13-25-23(24-3)26-14-21-8-7-18(2)12-22(21)29-17-20-9-11-28-16-20;/h7-8,12,19-20H,4-6,9-11,13-17H2,1-3H3,(H2,24,25,26);1H. The summed E-state index contributed by atoms with van der Waals surface area (Å²) >= 11 is 0. The van der Waals surface area contributed by atoms with Crippen molar-refractivity contribution in [1.82, 2.24) is 15.5 Å². The predicted molar refractivity (Wildman–Crippen MR) is 134 cm³/mol. The molecule has 0 aliphatic carbocycles. The van der Waals surface area contributed by atoms with Crippen molar-refractivity contribution < 1.29 is 9.47 Å². The van der Waals surface area contributed by atoms with Crippen molar-refractivity contribution in [2.45, 2.75) is 39.7 Å². The summed E-state index contributed by atoms with van der Waals surface area (Å²) in [6.45, 7) is 12.0. The molecule has 2 N–H and O–H groups in total. The van der Waals surface area contributed by atoms with Crippen LogP contribution >= 0.6 is 24.0 Å². The first kappa shape index (κ1) is 25.2. The number of rotatable bonds is 8. The Morgan fingerprint density at radius 3 is 2.87 bits per heavy atom. The highest BCUT2D eigenvalue weighted by molar-refractivity contribution is 14.0. The Labute approximate surface area is 199 Å². The van der Waals surface area contributed by atoms with Crippen LogP contribution in [0.15, 0.2) is 23.2 Å². The molecule has 1 aromatic rings. The largest absolute Gasteiger partial charge is 0.493 e. The highest BCUT2D eigenvalue weighted by atomic mass is 127. The molecule has 2 fully saturated rings. The van der Waals surface area contributed by atoms with Crippen LogP contribution in [0.1, 0.15) is 37.3 Å². The molecule has 0 aromatic heterocycles. The number of likely N-dealkylation sites (tertiary alicyclic amines) is 1. The van der Waals surface area contributed by atoms with Crippen molar-refractivity contribution in [3.63, 3.8) is 0 Å². The molecule has 2 unspecified atom stereocenters. The third-order valence-electron chi connectivity index (χ3n) is 6.00. The summed E-state index contributed by atoms with van der Waals surface area (Å²) in [4.78, 5) is 6.95. The highest BCUT2D eigenvalue weighted by Gasteiger charge is 2.19. The average Bonchev–Trinajstić information content (AvgIpc) is 3.27. The Balaban J connectivity index is 0.00000320. The van der Waals surface area contributed by atoms with Crippen LogP contribution in [-0.2, 0) is 11.3 Å². The van der Waals surface area contributed by atoms with Crippen LogP contribution in [0.3, 0.4) is 0 Å². The van der Waals surface area contributed by atoms with Crippen LogP contribution in [-0.4, -0.2) is 63.9 Å². The maximum absolute atomic E-state index is 6.16. The van der Waals surface area contributed by atoms with E-state index in [9.17, 15) is 0 Å². The lowest BCUT2D eigenvalue weighted by Crippen LogP contribution is -2.44. The van der Waals surface area contributed by atoms with Crippen LogP contribution in [0, 0.1) is 18.8 Å². The zero-order valence-corrected chi connectivity index (χ0v) is 21.1. The van der Waals surface area contributed by atoms with Crippen molar-refractivity contribution in [2.75, 3.05) is 53.0 Å². The Hall–Kier alpha value is -1.06. The van der Waals surface area contributed by atoms with Crippen molar-refractivity contribution in [2.24, 2.45) is 16.8 Å². The van der Waals surface area contributed by atoms with Gasteiger partial charge in [0.15, 0.2) is 5.96 Å². The van der Waals surface area contributed by atoms with Gasteiger partial charge in [0.05, 0.1) is 13.2 Å². The average molecular weight is 530 g/mol. The summed E-state index contributed by atoms with van der Waals surface area (Å²) in [6, 6.07) is 6.42. The van der Waals surface area contributed by atoms with Gasteiger partial charge >= 0.3 is 0 Å². The number of aliphatic imine (C=N–C) groups is 1. The summed E-state index contributed by atoms with van der Waals surface area (Å²) in [6.07, 6.45) is 3.68. The lowest BCUT2D eigenvalue weighted by atomic mass is 9.98. The predicted octanol–water partition coefficient (Wildman–Crippen LogP) is 3.43. The van der Waals surface area contributed by atoms with Gasteiger partial charge in [-0.15, -0.1) is 24.0 Å². The second-order valence-electron chi connectivity index (χ2n) is 8.36. The molecule has 30 heavy (non-hydrogen) atoms. The number of nitrogens with one attached hydrogen (secondary N) is 2. The first-order valence-corrected chi connectivity index (χ1v) is 11.1. The molecule has 0 saturated carbocycles. The van der Waals surface area contributed by atoms with Crippen LogP contribution in [0.5, 0.6) is 5.75 Å². The second-order valence-corrected chi connectivity index (χ2v) is 8.36. The van der Waals surface area contributed by atoms with E-state index in [1.807, 2.05) is 7.05 Å². The summed E-state index contributed by atoms with van der Waals surface area (Å²) in [5, 5.41) is 6.98. The van der Waals surface area contributed by atoms with E-state index in [1.54, 1.807) is 0 Å². The molecule has 3 rings (SSSR count). The Kier molecular flexibility index (Phi) is 11.2. The van der Waals surface area contributed by atoms with Gasteiger partial charge < -0.3 is 25.0 Å². The number of ether oxygens (including phenoxy) is 2. The van der Waals surface area contributed by atoms with Crippen LogP contribution in [0.4, 0.5) is 0 Å². The number of nitrogens with zero attached hydrogens (tertiary/aromatic N) is 2. The number of hydrogen-bond donors (Lipinski definition) is 2. The van der Waals surface area contributed by atoms with Gasteiger partial charge in [0, 0.05) is 44.8 Å². The number of piperidine rings is 1. The van der Waals surface area contributed by atoms with Crippen LogP contribution in [0.2, 0.25) is 0 Å². The van der Waals surface area contributed by atoms with Crippen molar-refractivity contribution >= 4 is 29.9 Å². The first-order chi connectivity index (χ1) is 14.2. The summed E-state index contributed by atoms with van der Waals surface area (Å²) in [7, 11) is 1.83. The van der Waals surface area contributed by atoms with Crippen LogP contribution in [0.25, 0.3) is 0 Å². The molecular formula is C23H39IN4O2. The van der Waals surface area contributed by atoms with E-state index in [0.29, 0.717) is 18.4 Å². The highest BCUT2D eigenvalue weighted by Crippen LogP contribution is 2.22. The number of benzene rings is 1. The molecule has 170 valence electrons. The Bertz CT molecular complexity index is 665. The molecular weight excluding hydrogens is 491 g/mol. The number of hydrogen-bond acceptors (Lipinski definition) is 4. The zero-order valence-electron chi connectivity index (χ0n) is 18.8. The second kappa shape index (κ2) is 13.4. The van der Waals surface area contributed by atoms with E-state index >= 15 is 0 Å². The summed E-state index contributed by atoms with van der Waals surface area (Å²) in [5.74, 6) is 3.01. The molecule has 0 spiro atoms. The maximum atomic E-state index is 6.16. The van der Waals surface area contributed by atoms with E-state index in [0.717, 1.165) is 56.6 Å². The van der Waals surface area contributed by atoms with Gasteiger partial charge in [-0.25, -0.2) is 0 Å². The van der Waals surface area contributed by atoms with E-state index in [4.69, 9.17) is 9.47 Å². The van der Waals surface area contributed by atoms with Crippen molar-refractivity contribution in [1.29, 1.82) is 0 Å². The molecule has 0 bridgehead atoms. The smallest absolute Gasteiger partial charge is 0.191 e. The van der Waals surface area contributed by atoms with Gasteiger partial charge in [-0.05, 0) is 56.8 Å². The lowest BCUT2D eigenvalue weighted by Gasteiger charge is -2.32. The van der Waals surface area contributed by atoms with Crippen molar-refractivity contribution in [3.05, 3.63) is 29.3 Å². The molecule has 0 amide bonds. The van der Waals surface area contributed by atoms with E-state index < -0.39 is 0 Å². The van der Waals surface area contributed by atoms with Gasteiger partial charge in [-0.1, -0.05) is 19.1 Å². The molecule has 1 aromatic carbocycles. The normalized spacial score (nSPS) is 22.4. The molecule has 2 atom stereocenters. The maximum Gasteiger partial charge on any atom is 0.191 e. The van der Waals surface area contributed by atoms with E-state index in [2.05, 4.69) is 52.6 Å². The first-order valence-electron chi connectivity index (χ1n) is 11.1. The van der Waals surface area contributed by atoms with Gasteiger partial charge in [0.1, 0.15) is 5.75 Å². The minimum atomic E-state index is 0. The monoisotopic (exact) mass is 530 g/mol. The third-order valence-corrected chi connectivity index (χ3v) is 6.00. The topological polar surface area (TPSA) is 58.1 Å². The molecule has 6 nitrogen and oxygen atoms in total. The van der Waals surface area contributed by atoms with Gasteiger partial charge in [0.25, 0.3) is 0 Å². The molecule has 2 aliphatic rings. The number of guanidine groups is 1. The van der Waals surface area contributed by atoms with Gasteiger partial charge in [0.2, 0.25) is 0 Å². The Morgan fingerprint density at radius 1 is 1.27 bits per heavy atom. The van der Waals surface area contributed by atoms with Gasteiger partial charge in [-0.2, -0.15) is 0 Å². The minimum Gasteiger partial charge on any atom is -0.493 e. The number of halogens is 1. The summed E-state index contributed by atoms with van der Waals surface area (Å²) < 4.78 is 11.6. The quantitative estimate of drug-likeness (QED) is 0.307. The lowest BCUT2D eigenvalue weighted by molar-refractivity contribution is 0.166. The van der Waals surface area contributed by atoms with Crippen molar-refractivity contribution in [3.8, 4) is 5.75 Å². The summed E-state index contributed by atoms with van der Waals surface area (Å²) in [5.41, 5.74) is 2.37. The SMILES string of the molecule is CCN1CCCC(CNC(=NC)NCc2ccc(C)cc2OCC2CCOC2)C1.I. The van der Waals surface area contributed by atoms with E-state index in [1.165, 1.54) is 31.5 Å². The fourth-order valence-electron chi connectivity index (χ4n) is 4.11. The van der Waals surface area contributed by atoms with E-state index in [-0.39, 0.29) is 24.0 Å². The zero-order chi connectivity index (χ0) is 20.5. The fourth-order valence-corrected chi connectivity index (χ4v) is 4.11. The minimum absolute atomic E-state index is 0. The number of aryl methyl sites for hydroxylation is 1. The third kappa shape index (κ3) is 7.89. The molecule has 0 radical (unpaired) electrons. The van der Waals surface area contributed by atoms with Gasteiger partial charge in [-0.3, -0.25) is 4.99 Å². The Morgan fingerprint density at radius 2 is 2.13 bits per heavy atom. The molecule has 2 aliphatic heterocycles. The molecule has 2 saturated heterocycles.